The minimum absolute atomic E-state index is 0.296. The lowest BCUT2D eigenvalue weighted by molar-refractivity contribution is -0.127. The van der Waals surface area contributed by atoms with Crippen molar-refractivity contribution >= 4 is 5.78 Å². The molecule has 0 aliphatic heterocycles. The second-order valence-electron chi connectivity index (χ2n) is 6.38. The van der Waals surface area contributed by atoms with Gasteiger partial charge in [0.05, 0.1) is 0 Å². The van der Waals surface area contributed by atoms with Crippen molar-refractivity contribution < 1.29 is 4.79 Å². The average molecular weight is 208 g/mol. The first-order chi connectivity index (χ1) is 6.93. The summed E-state index contributed by atoms with van der Waals surface area (Å²) in [6, 6.07) is 0. The van der Waals surface area contributed by atoms with Crippen molar-refractivity contribution in [3.05, 3.63) is 0 Å². The van der Waals surface area contributed by atoms with Crippen molar-refractivity contribution in [1.29, 1.82) is 0 Å². The van der Waals surface area contributed by atoms with E-state index in [2.05, 4.69) is 27.7 Å². The van der Waals surface area contributed by atoms with Crippen LogP contribution in [0, 0.1) is 22.7 Å². The van der Waals surface area contributed by atoms with Crippen molar-refractivity contribution in [2.75, 3.05) is 0 Å². The molecule has 2 bridgehead atoms. The fourth-order valence-electron chi connectivity index (χ4n) is 4.11. The second-order valence-corrected chi connectivity index (χ2v) is 6.38. The van der Waals surface area contributed by atoms with E-state index in [1.165, 1.54) is 19.3 Å². The lowest BCUT2D eigenvalue weighted by Crippen LogP contribution is -2.36. The molecule has 0 aromatic rings. The zero-order valence-electron chi connectivity index (χ0n) is 10.6. The number of carbonyl (C=O) groups is 1. The first-order valence-electron chi connectivity index (χ1n) is 6.46. The second kappa shape index (κ2) is 3.33. The van der Waals surface area contributed by atoms with Gasteiger partial charge in [0.25, 0.3) is 0 Å². The summed E-state index contributed by atoms with van der Waals surface area (Å²) in [4.78, 5) is 12.1. The summed E-state index contributed by atoms with van der Waals surface area (Å²) in [5.74, 6) is 1.70. The van der Waals surface area contributed by atoms with E-state index in [1.54, 1.807) is 0 Å². The minimum atomic E-state index is 0.296. The molecule has 86 valence electrons. The van der Waals surface area contributed by atoms with Crippen LogP contribution in [0.3, 0.4) is 0 Å². The van der Waals surface area contributed by atoms with Crippen LogP contribution >= 0.6 is 0 Å². The molecule has 0 spiro atoms. The number of Topliss-reactive ketones (excluding diaryl/α,β-unsaturated/α-hetero) is 1. The van der Waals surface area contributed by atoms with Crippen LogP contribution in [-0.4, -0.2) is 5.78 Å². The standard InChI is InChI=1S/C14H24O/c1-5-6-12(15)11-9-10-7-8-14(11,4)13(10,2)3/h10-11H,5-9H2,1-4H3/t10-,11+,14+/m1/s1. The number of ketones is 1. The molecule has 0 amide bonds. The zero-order chi connectivity index (χ0) is 11.3. The maximum absolute atomic E-state index is 12.1. The van der Waals surface area contributed by atoms with Crippen molar-refractivity contribution in [2.24, 2.45) is 22.7 Å². The monoisotopic (exact) mass is 208 g/mol. The summed E-state index contributed by atoms with van der Waals surface area (Å²) in [6.07, 6.45) is 5.59. The highest BCUT2D eigenvalue weighted by Crippen LogP contribution is 2.68. The van der Waals surface area contributed by atoms with Crippen LogP contribution in [0.2, 0.25) is 0 Å². The average Bonchev–Trinajstić information content (AvgIpc) is 2.49. The Labute approximate surface area is 93.6 Å². The predicted molar refractivity (Wildman–Crippen MR) is 62.6 cm³/mol. The van der Waals surface area contributed by atoms with Gasteiger partial charge in [0, 0.05) is 12.3 Å². The van der Waals surface area contributed by atoms with Gasteiger partial charge in [-0.2, -0.15) is 0 Å². The van der Waals surface area contributed by atoms with Crippen LogP contribution in [0.4, 0.5) is 0 Å². The van der Waals surface area contributed by atoms with Crippen LogP contribution in [0.25, 0.3) is 0 Å². The molecule has 15 heavy (non-hydrogen) atoms. The minimum Gasteiger partial charge on any atom is -0.299 e. The summed E-state index contributed by atoms with van der Waals surface area (Å²) in [5, 5.41) is 0. The predicted octanol–water partition coefficient (Wildman–Crippen LogP) is 3.82. The SMILES string of the molecule is CCCC(=O)[C@@H]1C[C@H]2CC[C@]1(C)C2(C)C. The number of hydrogen-bond donors (Lipinski definition) is 0. The highest BCUT2D eigenvalue weighted by Gasteiger charge is 2.62. The molecule has 0 unspecified atom stereocenters. The Kier molecular flexibility index (Phi) is 2.48. The van der Waals surface area contributed by atoms with Gasteiger partial charge in [-0.1, -0.05) is 27.7 Å². The maximum atomic E-state index is 12.1. The van der Waals surface area contributed by atoms with E-state index in [0.29, 0.717) is 22.5 Å². The summed E-state index contributed by atoms with van der Waals surface area (Å²) in [7, 11) is 0. The molecular weight excluding hydrogens is 184 g/mol. The van der Waals surface area contributed by atoms with Gasteiger partial charge in [-0.3, -0.25) is 4.79 Å². The van der Waals surface area contributed by atoms with Crippen LogP contribution in [0.1, 0.15) is 59.8 Å². The molecule has 0 N–H and O–H groups in total. The van der Waals surface area contributed by atoms with E-state index >= 15 is 0 Å². The molecule has 3 atom stereocenters. The van der Waals surface area contributed by atoms with Crippen molar-refractivity contribution in [2.45, 2.75) is 59.8 Å². The highest BCUT2D eigenvalue weighted by molar-refractivity contribution is 5.82. The summed E-state index contributed by atoms with van der Waals surface area (Å²) in [5.41, 5.74) is 0.686. The van der Waals surface area contributed by atoms with Gasteiger partial charge in [-0.05, 0) is 42.4 Å². The van der Waals surface area contributed by atoms with E-state index in [4.69, 9.17) is 0 Å². The Morgan fingerprint density at radius 3 is 2.40 bits per heavy atom. The topological polar surface area (TPSA) is 17.1 Å². The molecule has 2 aliphatic rings. The third kappa shape index (κ3) is 1.31. The number of rotatable bonds is 3. The largest absolute Gasteiger partial charge is 0.299 e. The molecule has 0 radical (unpaired) electrons. The summed E-state index contributed by atoms with van der Waals surface area (Å²) < 4.78 is 0. The molecule has 0 saturated heterocycles. The highest BCUT2D eigenvalue weighted by atomic mass is 16.1. The van der Waals surface area contributed by atoms with Crippen LogP contribution in [0.15, 0.2) is 0 Å². The Morgan fingerprint density at radius 2 is 2.00 bits per heavy atom. The molecule has 1 heteroatoms. The van der Waals surface area contributed by atoms with Gasteiger partial charge in [0.1, 0.15) is 5.78 Å². The summed E-state index contributed by atoms with van der Waals surface area (Å²) in [6.45, 7) is 9.23. The van der Waals surface area contributed by atoms with Gasteiger partial charge in [-0.15, -0.1) is 0 Å². The lowest BCUT2D eigenvalue weighted by atomic mass is 9.65. The van der Waals surface area contributed by atoms with Gasteiger partial charge in [0.2, 0.25) is 0 Å². The van der Waals surface area contributed by atoms with E-state index in [1.807, 2.05) is 0 Å². The number of fused-ring (bicyclic) bond motifs is 2. The van der Waals surface area contributed by atoms with Gasteiger partial charge in [0.15, 0.2) is 0 Å². The van der Waals surface area contributed by atoms with Crippen molar-refractivity contribution in [1.82, 2.24) is 0 Å². The lowest BCUT2D eigenvalue weighted by Gasteiger charge is -2.38. The van der Waals surface area contributed by atoms with Gasteiger partial charge >= 0.3 is 0 Å². The fraction of sp³-hybridized carbons (Fsp3) is 0.929. The Morgan fingerprint density at radius 1 is 1.33 bits per heavy atom. The smallest absolute Gasteiger partial charge is 0.136 e. The molecule has 2 aliphatic carbocycles. The van der Waals surface area contributed by atoms with Crippen LogP contribution < -0.4 is 0 Å². The van der Waals surface area contributed by atoms with E-state index < -0.39 is 0 Å². The first kappa shape index (κ1) is 11.2. The van der Waals surface area contributed by atoms with Gasteiger partial charge in [-0.25, -0.2) is 0 Å². The molecule has 0 aromatic heterocycles. The van der Waals surface area contributed by atoms with E-state index in [-0.39, 0.29) is 0 Å². The van der Waals surface area contributed by atoms with Crippen LogP contribution in [-0.2, 0) is 4.79 Å². The zero-order valence-corrected chi connectivity index (χ0v) is 10.6. The quantitative estimate of drug-likeness (QED) is 0.689. The van der Waals surface area contributed by atoms with Crippen molar-refractivity contribution in [3.8, 4) is 0 Å². The Balaban J connectivity index is 2.22. The molecule has 1 nitrogen and oxygen atoms in total. The molecule has 2 saturated carbocycles. The molecular formula is C14H24O. The molecule has 2 fully saturated rings. The third-order valence-electron chi connectivity index (χ3n) is 5.68. The molecule has 2 rings (SSSR count). The number of hydrogen-bond acceptors (Lipinski definition) is 1. The van der Waals surface area contributed by atoms with Gasteiger partial charge < -0.3 is 0 Å². The normalized spacial score (nSPS) is 42.1. The fourth-order valence-corrected chi connectivity index (χ4v) is 4.11. The van der Waals surface area contributed by atoms with Crippen LogP contribution in [0.5, 0.6) is 0 Å². The van der Waals surface area contributed by atoms with E-state index in [0.717, 1.165) is 18.8 Å². The Bertz CT molecular complexity index is 279. The first-order valence-corrected chi connectivity index (χ1v) is 6.46. The molecule has 0 aromatic carbocycles. The van der Waals surface area contributed by atoms with Crippen molar-refractivity contribution in [3.63, 3.8) is 0 Å². The van der Waals surface area contributed by atoms with E-state index in [9.17, 15) is 4.79 Å². The third-order valence-corrected chi connectivity index (χ3v) is 5.68. The molecule has 0 heterocycles. The summed E-state index contributed by atoms with van der Waals surface area (Å²) >= 11 is 0. The Hall–Kier alpha value is -0.330. The number of carbonyl (C=O) groups excluding carboxylic acids is 1. The maximum Gasteiger partial charge on any atom is 0.136 e.